The van der Waals surface area contributed by atoms with E-state index in [1.54, 1.807) is 0 Å². The van der Waals surface area contributed by atoms with Crippen molar-refractivity contribution < 1.29 is 78.8 Å². The van der Waals surface area contributed by atoms with E-state index in [0.29, 0.717) is 5.56 Å². The number of phenolic OH excluding ortho intramolecular Hbond substituents is 1. The van der Waals surface area contributed by atoms with Gasteiger partial charge in [0.05, 0.1) is 20.3 Å². The quantitative estimate of drug-likeness (QED) is 0.102. The van der Waals surface area contributed by atoms with Crippen LogP contribution in [0.15, 0.2) is 24.3 Å². The van der Waals surface area contributed by atoms with Crippen LogP contribution in [0.25, 0.3) is 6.08 Å². The minimum Gasteiger partial charge on any atom is -0.504 e. The van der Waals surface area contributed by atoms with Gasteiger partial charge in [-0.15, -0.1) is 0 Å². The number of ether oxygens (including phenoxy) is 7. The summed E-state index contributed by atoms with van der Waals surface area (Å²) in [6.07, 6.45) is -15.7. The standard InChI is InChI=1S/C25H34O16/c1-35-14-6-10(2-4-11(14)26)3-5-16(29)36-9-15-18(31)22(23(34)39-15)41-25-20(33)21(13(28)8-38-25)40-24-19(32)17(30)12(27)7-37-24/h2-6,12-13,15,17-28,30-34H,7-9H2,1H3. The molecule has 0 bridgehead atoms. The topological polar surface area (TPSA) is 244 Å². The lowest BCUT2D eigenvalue weighted by Gasteiger charge is -2.42. The van der Waals surface area contributed by atoms with E-state index in [4.69, 9.17) is 33.2 Å². The molecule has 3 heterocycles. The molecule has 3 aliphatic heterocycles. The van der Waals surface area contributed by atoms with Crippen LogP contribution in [0.4, 0.5) is 0 Å². The van der Waals surface area contributed by atoms with Crippen LogP contribution in [-0.4, -0.2) is 148 Å². The Morgan fingerprint density at radius 1 is 0.902 bits per heavy atom. The summed E-state index contributed by atoms with van der Waals surface area (Å²) in [5.41, 5.74) is 0.536. The normalized spacial score (nSPS) is 39.6. The van der Waals surface area contributed by atoms with Gasteiger partial charge >= 0.3 is 5.97 Å². The van der Waals surface area contributed by atoms with Crippen LogP contribution in [0.2, 0.25) is 0 Å². The largest absolute Gasteiger partial charge is 0.504 e. The number of carbonyl (C=O) groups is 1. The van der Waals surface area contributed by atoms with E-state index in [-0.39, 0.29) is 18.1 Å². The lowest BCUT2D eigenvalue weighted by atomic mass is 10.0. The molecule has 3 aliphatic rings. The summed E-state index contributed by atoms with van der Waals surface area (Å²) in [6.45, 7) is -1.26. The first kappa shape index (κ1) is 31.5. The van der Waals surface area contributed by atoms with E-state index in [1.165, 1.54) is 31.4 Å². The third-order valence-corrected chi connectivity index (χ3v) is 6.78. The Labute approximate surface area is 233 Å². The minimum atomic E-state index is -1.72. The highest BCUT2D eigenvalue weighted by atomic mass is 16.7. The lowest BCUT2D eigenvalue weighted by Crippen LogP contribution is -2.61. The molecular formula is C25H34O16. The number of rotatable bonds is 9. The molecule has 12 unspecified atom stereocenters. The second-order valence-corrected chi connectivity index (χ2v) is 9.66. The molecule has 0 amide bonds. The van der Waals surface area contributed by atoms with Crippen LogP contribution in [0.5, 0.6) is 11.5 Å². The summed E-state index contributed by atoms with van der Waals surface area (Å²) < 4.78 is 36.7. The number of methoxy groups -OCH3 is 1. The lowest BCUT2D eigenvalue weighted by molar-refractivity contribution is -0.343. The molecule has 0 spiro atoms. The van der Waals surface area contributed by atoms with Crippen molar-refractivity contribution in [2.45, 2.75) is 73.8 Å². The Bertz CT molecular complexity index is 1050. The molecule has 230 valence electrons. The second kappa shape index (κ2) is 13.7. The van der Waals surface area contributed by atoms with Crippen molar-refractivity contribution in [2.24, 2.45) is 0 Å². The van der Waals surface area contributed by atoms with Crippen molar-refractivity contribution in [1.29, 1.82) is 0 Å². The molecule has 41 heavy (non-hydrogen) atoms. The van der Waals surface area contributed by atoms with Crippen LogP contribution in [-0.2, 0) is 33.2 Å². The molecule has 8 N–H and O–H groups in total. The Balaban J connectivity index is 1.29. The zero-order chi connectivity index (χ0) is 29.8. The van der Waals surface area contributed by atoms with Gasteiger partial charge in [0.1, 0.15) is 61.5 Å². The van der Waals surface area contributed by atoms with Gasteiger partial charge in [-0.3, -0.25) is 0 Å². The predicted octanol–water partition coefficient (Wildman–Crippen LogP) is -3.68. The maximum atomic E-state index is 12.1. The summed E-state index contributed by atoms with van der Waals surface area (Å²) in [6, 6.07) is 4.42. The number of carbonyl (C=O) groups excluding carboxylic acids is 1. The summed E-state index contributed by atoms with van der Waals surface area (Å²) in [7, 11) is 1.38. The van der Waals surface area contributed by atoms with Crippen LogP contribution in [0, 0.1) is 0 Å². The summed E-state index contributed by atoms with van der Waals surface area (Å²) in [5, 5.41) is 81.1. The van der Waals surface area contributed by atoms with Crippen molar-refractivity contribution >= 4 is 12.0 Å². The number of esters is 1. The molecule has 1 aromatic rings. The molecule has 16 heteroatoms. The Kier molecular flexibility index (Phi) is 10.5. The van der Waals surface area contributed by atoms with Crippen molar-refractivity contribution in [3.63, 3.8) is 0 Å². The third-order valence-electron chi connectivity index (χ3n) is 6.78. The average Bonchev–Trinajstić information content (AvgIpc) is 3.22. The molecule has 0 saturated carbocycles. The van der Waals surface area contributed by atoms with E-state index in [2.05, 4.69) is 0 Å². The van der Waals surface area contributed by atoms with E-state index in [1.807, 2.05) is 0 Å². The fourth-order valence-electron chi connectivity index (χ4n) is 4.45. The SMILES string of the molecule is COc1cc(C=CC(=O)OCC2OC(O)C(OC3OCC(O)C(OC4OCC(O)C(O)C4O)C3O)C2O)ccc1O. The Morgan fingerprint density at radius 2 is 1.56 bits per heavy atom. The first-order valence-electron chi connectivity index (χ1n) is 12.7. The van der Waals surface area contributed by atoms with Crippen molar-refractivity contribution in [2.75, 3.05) is 26.9 Å². The van der Waals surface area contributed by atoms with Crippen LogP contribution < -0.4 is 4.74 Å². The monoisotopic (exact) mass is 590 g/mol. The molecule has 0 radical (unpaired) electrons. The molecule has 12 atom stereocenters. The van der Waals surface area contributed by atoms with Gasteiger partial charge in [0, 0.05) is 6.08 Å². The van der Waals surface area contributed by atoms with Crippen LogP contribution in [0.3, 0.4) is 0 Å². The van der Waals surface area contributed by atoms with Crippen molar-refractivity contribution in [3.8, 4) is 11.5 Å². The number of benzene rings is 1. The number of aromatic hydroxyl groups is 1. The van der Waals surface area contributed by atoms with Gasteiger partial charge in [-0.1, -0.05) is 6.07 Å². The van der Waals surface area contributed by atoms with Gasteiger partial charge < -0.3 is 74.0 Å². The number of hydrogen-bond acceptors (Lipinski definition) is 16. The van der Waals surface area contributed by atoms with Gasteiger partial charge in [0.2, 0.25) is 0 Å². The van der Waals surface area contributed by atoms with Crippen LogP contribution in [0.1, 0.15) is 5.56 Å². The van der Waals surface area contributed by atoms with Gasteiger partial charge in [0.15, 0.2) is 30.4 Å². The molecule has 4 rings (SSSR count). The summed E-state index contributed by atoms with van der Waals surface area (Å²) >= 11 is 0. The van der Waals surface area contributed by atoms with E-state index < -0.39 is 93.0 Å². The van der Waals surface area contributed by atoms with Gasteiger partial charge in [-0.2, -0.15) is 0 Å². The Hall–Kier alpha value is -2.45. The molecule has 3 fully saturated rings. The summed E-state index contributed by atoms with van der Waals surface area (Å²) in [5.74, 6) is -0.657. The first-order chi connectivity index (χ1) is 19.5. The summed E-state index contributed by atoms with van der Waals surface area (Å²) in [4.78, 5) is 12.1. The Morgan fingerprint density at radius 3 is 2.27 bits per heavy atom. The average molecular weight is 591 g/mol. The smallest absolute Gasteiger partial charge is 0.330 e. The van der Waals surface area contributed by atoms with Crippen LogP contribution >= 0.6 is 0 Å². The molecule has 0 aliphatic carbocycles. The maximum Gasteiger partial charge on any atom is 0.330 e. The number of aliphatic hydroxyl groups excluding tert-OH is 7. The van der Waals surface area contributed by atoms with E-state index in [9.17, 15) is 45.6 Å². The molecule has 1 aromatic carbocycles. The van der Waals surface area contributed by atoms with E-state index in [0.717, 1.165) is 6.08 Å². The van der Waals surface area contributed by atoms with Gasteiger partial charge in [0.25, 0.3) is 0 Å². The zero-order valence-electron chi connectivity index (χ0n) is 21.8. The van der Waals surface area contributed by atoms with Gasteiger partial charge in [-0.25, -0.2) is 4.79 Å². The maximum absolute atomic E-state index is 12.1. The second-order valence-electron chi connectivity index (χ2n) is 9.66. The fraction of sp³-hybridized carbons (Fsp3) is 0.640. The van der Waals surface area contributed by atoms with E-state index >= 15 is 0 Å². The highest BCUT2D eigenvalue weighted by molar-refractivity contribution is 5.87. The molecule has 3 saturated heterocycles. The van der Waals surface area contributed by atoms with Crippen molar-refractivity contribution in [3.05, 3.63) is 29.8 Å². The minimum absolute atomic E-state index is 0.0714. The zero-order valence-corrected chi connectivity index (χ0v) is 21.8. The number of hydrogen-bond donors (Lipinski definition) is 8. The highest BCUT2D eigenvalue weighted by Crippen LogP contribution is 2.30. The molecular weight excluding hydrogens is 556 g/mol. The van der Waals surface area contributed by atoms with Gasteiger partial charge in [-0.05, 0) is 23.8 Å². The number of aliphatic hydroxyl groups is 7. The molecule has 0 aromatic heterocycles. The predicted molar refractivity (Wildman–Crippen MR) is 131 cm³/mol. The highest BCUT2D eigenvalue weighted by Gasteiger charge is 2.50. The third kappa shape index (κ3) is 7.31. The van der Waals surface area contributed by atoms with Crippen molar-refractivity contribution in [1.82, 2.24) is 0 Å². The fourth-order valence-corrected chi connectivity index (χ4v) is 4.45. The number of phenols is 1. The first-order valence-corrected chi connectivity index (χ1v) is 12.7. The molecule has 16 nitrogen and oxygen atoms in total.